The molecule has 1 aliphatic heterocycles. The standard InChI is InChI=1S/C17H24N2O6S/c1-10(2)26(22,23)14-6-5-11(19-17(21)25-4)9-13(14)15-12(7-8-18-15)16(20)24-3/h5-6,9-10,12,15,18H,7-8H2,1-4H3,(H,19,21)/t12-,15+/m0/s1. The van der Waals surface area contributed by atoms with E-state index >= 15 is 0 Å². The van der Waals surface area contributed by atoms with Gasteiger partial charge in [-0.1, -0.05) is 0 Å². The molecule has 0 radical (unpaired) electrons. The van der Waals surface area contributed by atoms with Gasteiger partial charge in [-0.25, -0.2) is 13.2 Å². The monoisotopic (exact) mass is 384 g/mol. The summed E-state index contributed by atoms with van der Waals surface area (Å²) in [5.74, 6) is -0.909. The maximum Gasteiger partial charge on any atom is 0.411 e. The van der Waals surface area contributed by atoms with E-state index in [9.17, 15) is 18.0 Å². The SMILES string of the molecule is COC(=O)Nc1ccc(S(=O)(=O)C(C)C)c([C@@H]2NCC[C@@H]2C(=O)OC)c1. The average molecular weight is 384 g/mol. The van der Waals surface area contributed by atoms with Crippen LogP contribution in [0.1, 0.15) is 31.9 Å². The molecule has 0 bridgehead atoms. The Bertz CT molecular complexity index is 790. The van der Waals surface area contributed by atoms with Crippen molar-refractivity contribution in [2.75, 3.05) is 26.1 Å². The molecule has 1 fully saturated rings. The van der Waals surface area contributed by atoms with Gasteiger partial charge >= 0.3 is 12.1 Å². The van der Waals surface area contributed by atoms with Gasteiger partial charge in [0.2, 0.25) is 0 Å². The number of sulfone groups is 1. The van der Waals surface area contributed by atoms with Gasteiger partial charge in [-0.15, -0.1) is 0 Å². The predicted octanol–water partition coefficient (Wildman–Crippen LogP) is 1.87. The number of anilines is 1. The number of nitrogens with one attached hydrogen (secondary N) is 2. The van der Waals surface area contributed by atoms with Crippen molar-refractivity contribution < 1.29 is 27.5 Å². The molecule has 1 saturated heterocycles. The van der Waals surface area contributed by atoms with E-state index in [1.165, 1.54) is 26.4 Å². The van der Waals surface area contributed by atoms with E-state index in [0.29, 0.717) is 24.2 Å². The Labute approximate surface area is 153 Å². The van der Waals surface area contributed by atoms with Gasteiger partial charge in [0.25, 0.3) is 0 Å². The summed E-state index contributed by atoms with van der Waals surface area (Å²) >= 11 is 0. The van der Waals surface area contributed by atoms with Crippen molar-refractivity contribution in [2.45, 2.75) is 36.5 Å². The van der Waals surface area contributed by atoms with Gasteiger partial charge in [-0.2, -0.15) is 0 Å². The van der Waals surface area contributed by atoms with E-state index in [1.54, 1.807) is 19.9 Å². The number of amides is 1. The van der Waals surface area contributed by atoms with Gasteiger partial charge in [-0.3, -0.25) is 10.1 Å². The van der Waals surface area contributed by atoms with Crippen molar-refractivity contribution in [3.05, 3.63) is 23.8 Å². The fourth-order valence-corrected chi connectivity index (χ4v) is 4.27. The van der Waals surface area contributed by atoms with Crippen molar-refractivity contribution >= 4 is 27.6 Å². The van der Waals surface area contributed by atoms with E-state index in [1.807, 2.05) is 0 Å². The number of carbonyl (C=O) groups is 2. The third kappa shape index (κ3) is 3.99. The zero-order valence-electron chi connectivity index (χ0n) is 15.2. The molecule has 26 heavy (non-hydrogen) atoms. The lowest BCUT2D eigenvalue weighted by Crippen LogP contribution is -2.27. The Morgan fingerprint density at radius 1 is 1.23 bits per heavy atom. The smallest absolute Gasteiger partial charge is 0.411 e. The third-order valence-corrected chi connectivity index (χ3v) is 6.66. The fraction of sp³-hybridized carbons (Fsp3) is 0.529. The Morgan fingerprint density at radius 3 is 2.50 bits per heavy atom. The minimum absolute atomic E-state index is 0.135. The minimum atomic E-state index is -3.59. The summed E-state index contributed by atoms with van der Waals surface area (Å²) in [5.41, 5.74) is 0.812. The second-order valence-corrected chi connectivity index (χ2v) is 8.79. The maximum absolute atomic E-state index is 12.8. The number of esters is 1. The van der Waals surface area contributed by atoms with Crippen molar-refractivity contribution in [2.24, 2.45) is 5.92 Å². The summed E-state index contributed by atoms with van der Waals surface area (Å²) < 4.78 is 35.0. The zero-order valence-corrected chi connectivity index (χ0v) is 16.1. The second kappa shape index (κ2) is 8.05. The predicted molar refractivity (Wildman–Crippen MR) is 95.7 cm³/mol. The lowest BCUT2D eigenvalue weighted by atomic mass is 9.94. The molecular formula is C17H24N2O6S. The molecule has 1 amide bonds. The van der Waals surface area contributed by atoms with Crippen LogP contribution in [-0.4, -0.2) is 46.5 Å². The van der Waals surface area contributed by atoms with Crippen LogP contribution < -0.4 is 10.6 Å². The zero-order chi connectivity index (χ0) is 19.5. The topological polar surface area (TPSA) is 111 Å². The molecule has 2 atom stereocenters. The normalized spacial score (nSPS) is 20.0. The second-order valence-electron chi connectivity index (χ2n) is 6.31. The first kappa shape index (κ1) is 20.2. The first-order valence-electron chi connectivity index (χ1n) is 8.26. The van der Waals surface area contributed by atoms with Gasteiger partial charge in [0.1, 0.15) is 0 Å². The molecule has 2 rings (SSSR count). The Hall–Kier alpha value is -2.13. The highest BCUT2D eigenvalue weighted by Gasteiger charge is 2.38. The number of ether oxygens (including phenoxy) is 2. The largest absolute Gasteiger partial charge is 0.469 e. The van der Waals surface area contributed by atoms with Crippen molar-refractivity contribution in [3.8, 4) is 0 Å². The van der Waals surface area contributed by atoms with E-state index in [0.717, 1.165) is 0 Å². The molecular weight excluding hydrogens is 360 g/mol. The highest BCUT2D eigenvalue weighted by atomic mass is 32.2. The molecule has 1 heterocycles. The van der Waals surface area contributed by atoms with Gasteiger partial charge in [0.05, 0.1) is 30.3 Å². The molecule has 1 aromatic carbocycles. The third-order valence-electron chi connectivity index (χ3n) is 4.43. The number of rotatable bonds is 5. The van der Waals surface area contributed by atoms with Crippen LogP contribution in [0.15, 0.2) is 23.1 Å². The van der Waals surface area contributed by atoms with Gasteiger partial charge < -0.3 is 14.8 Å². The number of carbonyl (C=O) groups excluding carboxylic acids is 2. The van der Waals surface area contributed by atoms with Crippen LogP contribution in [0.4, 0.5) is 10.5 Å². The van der Waals surface area contributed by atoms with E-state index in [2.05, 4.69) is 15.4 Å². The van der Waals surface area contributed by atoms with Crippen LogP contribution in [0, 0.1) is 5.92 Å². The summed E-state index contributed by atoms with van der Waals surface area (Å²) in [4.78, 5) is 23.7. The first-order chi connectivity index (χ1) is 12.2. The first-order valence-corrected chi connectivity index (χ1v) is 9.81. The summed E-state index contributed by atoms with van der Waals surface area (Å²) in [6.07, 6.45) is -0.132. The summed E-state index contributed by atoms with van der Waals surface area (Å²) in [6.45, 7) is 3.75. The van der Waals surface area contributed by atoms with E-state index < -0.39 is 39.1 Å². The van der Waals surface area contributed by atoms with Crippen molar-refractivity contribution in [1.82, 2.24) is 5.32 Å². The highest BCUT2D eigenvalue weighted by Crippen LogP contribution is 2.36. The Morgan fingerprint density at radius 2 is 1.92 bits per heavy atom. The molecule has 1 aromatic rings. The molecule has 0 spiro atoms. The van der Waals surface area contributed by atoms with Crippen LogP contribution in [0.5, 0.6) is 0 Å². The van der Waals surface area contributed by atoms with Crippen LogP contribution in [0.3, 0.4) is 0 Å². The molecule has 8 nitrogen and oxygen atoms in total. The van der Waals surface area contributed by atoms with E-state index in [-0.39, 0.29) is 4.90 Å². The summed E-state index contributed by atoms with van der Waals surface area (Å²) in [6, 6.07) is 3.98. The molecule has 144 valence electrons. The molecule has 1 aliphatic rings. The van der Waals surface area contributed by atoms with Crippen LogP contribution in [0.2, 0.25) is 0 Å². The van der Waals surface area contributed by atoms with Crippen LogP contribution in [-0.2, 0) is 24.1 Å². The molecule has 0 saturated carbocycles. The lowest BCUT2D eigenvalue weighted by molar-refractivity contribution is -0.145. The summed E-state index contributed by atoms with van der Waals surface area (Å²) in [7, 11) is -1.05. The highest BCUT2D eigenvalue weighted by molar-refractivity contribution is 7.92. The van der Waals surface area contributed by atoms with Gasteiger partial charge in [0, 0.05) is 11.7 Å². The molecule has 0 aromatic heterocycles. The quantitative estimate of drug-likeness (QED) is 0.746. The number of benzene rings is 1. The molecule has 9 heteroatoms. The maximum atomic E-state index is 12.8. The van der Waals surface area contributed by atoms with Crippen molar-refractivity contribution in [1.29, 1.82) is 0 Å². The minimum Gasteiger partial charge on any atom is -0.469 e. The molecule has 0 aliphatic carbocycles. The summed E-state index contributed by atoms with van der Waals surface area (Å²) in [5, 5.41) is 5.07. The Balaban J connectivity index is 2.56. The number of hydrogen-bond acceptors (Lipinski definition) is 7. The van der Waals surface area contributed by atoms with Gasteiger partial charge in [-0.05, 0) is 50.6 Å². The van der Waals surface area contributed by atoms with Crippen LogP contribution >= 0.6 is 0 Å². The Kier molecular flexibility index (Phi) is 6.25. The number of hydrogen-bond donors (Lipinski definition) is 2. The molecule has 2 N–H and O–H groups in total. The van der Waals surface area contributed by atoms with Crippen molar-refractivity contribution in [3.63, 3.8) is 0 Å². The van der Waals surface area contributed by atoms with Gasteiger partial charge in [0.15, 0.2) is 9.84 Å². The molecule has 0 unspecified atom stereocenters. The fourth-order valence-electron chi connectivity index (χ4n) is 2.99. The average Bonchev–Trinajstić information content (AvgIpc) is 3.10. The van der Waals surface area contributed by atoms with E-state index in [4.69, 9.17) is 4.74 Å². The van der Waals surface area contributed by atoms with Crippen LogP contribution in [0.25, 0.3) is 0 Å². The number of methoxy groups -OCH3 is 2. The lowest BCUT2D eigenvalue weighted by Gasteiger charge is -2.23.